The molecule has 0 N–H and O–H groups in total. The third kappa shape index (κ3) is 3.76. The van der Waals surface area contributed by atoms with Crippen LogP contribution in [0.2, 0.25) is 0 Å². The van der Waals surface area contributed by atoms with Crippen molar-refractivity contribution < 1.29 is 23.5 Å². The van der Waals surface area contributed by atoms with E-state index in [1.807, 2.05) is 0 Å². The quantitative estimate of drug-likeness (QED) is 0.707. The normalized spacial score (nSPS) is 10.1. The van der Waals surface area contributed by atoms with Crippen LogP contribution in [0.3, 0.4) is 0 Å². The number of Topliss-reactive ketones (excluding diaryl/α,β-unsaturated/α-hetero) is 1. The smallest absolute Gasteiger partial charge is 0.163 e. The van der Waals surface area contributed by atoms with E-state index in [0.29, 0.717) is 6.07 Å². The van der Waals surface area contributed by atoms with Gasteiger partial charge in [0.05, 0.1) is 0 Å². The summed E-state index contributed by atoms with van der Waals surface area (Å²) < 4.78 is 25.5. The SMILES string of the molecule is O=C([O-])CCCC(=O)c1cc(F)cc(F)c1. The zero-order chi connectivity index (χ0) is 12.1. The van der Waals surface area contributed by atoms with Gasteiger partial charge in [0.2, 0.25) is 0 Å². The zero-order valence-corrected chi connectivity index (χ0v) is 8.33. The lowest BCUT2D eigenvalue weighted by molar-refractivity contribution is -0.305. The van der Waals surface area contributed by atoms with Gasteiger partial charge in [-0.1, -0.05) is 0 Å². The van der Waals surface area contributed by atoms with Gasteiger partial charge in [0.25, 0.3) is 0 Å². The van der Waals surface area contributed by atoms with Gasteiger partial charge in [-0.15, -0.1) is 0 Å². The van der Waals surface area contributed by atoms with Crippen LogP contribution in [-0.2, 0) is 4.79 Å². The molecule has 0 aliphatic carbocycles. The fraction of sp³-hybridized carbons (Fsp3) is 0.273. The summed E-state index contributed by atoms with van der Waals surface area (Å²) in [6.07, 6.45) is -0.223. The summed E-state index contributed by atoms with van der Waals surface area (Å²) in [5.74, 6) is -3.40. The van der Waals surface area contributed by atoms with Crippen LogP contribution in [0, 0.1) is 11.6 Å². The summed E-state index contributed by atoms with van der Waals surface area (Å²) in [6.45, 7) is 0. The molecule has 0 saturated heterocycles. The van der Waals surface area contributed by atoms with Crippen LogP contribution < -0.4 is 5.11 Å². The van der Waals surface area contributed by atoms with Crippen LogP contribution in [0.1, 0.15) is 29.6 Å². The zero-order valence-electron chi connectivity index (χ0n) is 8.33. The Morgan fingerprint density at radius 2 is 1.62 bits per heavy atom. The molecule has 0 atom stereocenters. The third-order valence-corrected chi connectivity index (χ3v) is 1.97. The number of carbonyl (C=O) groups is 2. The molecule has 0 aliphatic rings. The maximum atomic E-state index is 12.7. The van der Waals surface area contributed by atoms with E-state index >= 15 is 0 Å². The van der Waals surface area contributed by atoms with Crippen LogP contribution in [0.5, 0.6) is 0 Å². The standard InChI is InChI=1S/C11H10F2O3/c12-8-4-7(5-9(13)6-8)10(14)2-1-3-11(15)16/h4-6H,1-3H2,(H,15,16)/p-1. The number of ketones is 1. The second kappa shape index (κ2) is 5.34. The Balaban J connectivity index is 2.62. The topological polar surface area (TPSA) is 57.2 Å². The predicted molar refractivity (Wildman–Crippen MR) is 49.5 cm³/mol. The van der Waals surface area contributed by atoms with Crippen molar-refractivity contribution in [2.24, 2.45) is 0 Å². The van der Waals surface area contributed by atoms with Gasteiger partial charge in [-0.05, 0) is 25.0 Å². The first-order chi connectivity index (χ1) is 7.49. The Kier molecular flexibility index (Phi) is 4.10. The summed E-state index contributed by atoms with van der Waals surface area (Å²) in [5, 5.41) is 10.1. The van der Waals surface area contributed by atoms with Gasteiger partial charge in [-0.25, -0.2) is 8.78 Å². The number of carbonyl (C=O) groups excluding carboxylic acids is 2. The monoisotopic (exact) mass is 227 g/mol. The van der Waals surface area contributed by atoms with E-state index in [1.165, 1.54) is 0 Å². The highest BCUT2D eigenvalue weighted by Crippen LogP contribution is 2.11. The van der Waals surface area contributed by atoms with E-state index in [1.54, 1.807) is 0 Å². The number of aliphatic carboxylic acids is 1. The Bertz CT molecular complexity index is 395. The van der Waals surface area contributed by atoms with Crippen LogP contribution in [0.15, 0.2) is 18.2 Å². The lowest BCUT2D eigenvalue weighted by atomic mass is 10.1. The van der Waals surface area contributed by atoms with Crippen LogP contribution in [0.4, 0.5) is 8.78 Å². The molecule has 0 aromatic heterocycles. The fourth-order valence-corrected chi connectivity index (χ4v) is 1.25. The van der Waals surface area contributed by atoms with Gasteiger partial charge in [0, 0.05) is 24.0 Å². The summed E-state index contributed by atoms with van der Waals surface area (Å²) in [6, 6.07) is 2.51. The number of hydrogen-bond acceptors (Lipinski definition) is 3. The van der Waals surface area contributed by atoms with E-state index in [-0.39, 0.29) is 24.8 Å². The van der Waals surface area contributed by atoms with E-state index in [4.69, 9.17) is 0 Å². The van der Waals surface area contributed by atoms with Gasteiger partial charge in [-0.3, -0.25) is 4.79 Å². The van der Waals surface area contributed by atoms with Gasteiger partial charge in [0.15, 0.2) is 5.78 Å². The van der Waals surface area contributed by atoms with Crippen molar-refractivity contribution >= 4 is 11.8 Å². The van der Waals surface area contributed by atoms with Gasteiger partial charge in [0.1, 0.15) is 11.6 Å². The van der Waals surface area contributed by atoms with E-state index < -0.39 is 23.4 Å². The summed E-state index contributed by atoms with van der Waals surface area (Å²) in [4.78, 5) is 21.5. The van der Waals surface area contributed by atoms with Crippen LogP contribution in [0.25, 0.3) is 0 Å². The van der Waals surface area contributed by atoms with E-state index in [2.05, 4.69) is 0 Å². The van der Waals surface area contributed by atoms with Crippen molar-refractivity contribution in [3.8, 4) is 0 Å². The molecule has 0 heterocycles. The molecule has 0 fully saturated rings. The molecule has 0 unspecified atom stereocenters. The average molecular weight is 227 g/mol. The first kappa shape index (κ1) is 12.3. The first-order valence-electron chi connectivity index (χ1n) is 4.68. The number of carboxylic acids is 1. The average Bonchev–Trinajstić information content (AvgIpc) is 2.15. The van der Waals surface area contributed by atoms with Gasteiger partial charge < -0.3 is 9.90 Å². The Morgan fingerprint density at radius 1 is 1.06 bits per heavy atom. The summed E-state index contributed by atoms with van der Waals surface area (Å²) >= 11 is 0. The molecule has 16 heavy (non-hydrogen) atoms. The number of carboxylic acid groups (broad SMARTS) is 1. The molecular formula is C11H9F2O3-. The molecule has 1 aromatic rings. The molecule has 0 amide bonds. The lowest BCUT2D eigenvalue weighted by Crippen LogP contribution is -2.21. The minimum Gasteiger partial charge on any atom is -0.550 e. The molecule has 0 aliphatic heterocycles. The second-order valence-corrected chi connectivity index (χ2v) is 3.31. The number of rotatable bonds is 5. The third-order valence-electron chi connectivity index (χ3n) is 1.97. The predicted octanol–water partition coefficient (Wildman–Crippen LogP) is 1.07. The molecule has 3 nitrogen and oxygen atoms in total. The van der Waals surface area contributed by atoms with Crippen LogP contribution in [-0.4, -0.2) is 11.8 Å². The van der Waals surface area contributed by atoms with Crippen molar-refractivity contribution in [2.45, 2.75) is 19.3 Å². The minimum absolute atomic E-state index is 0.0725. The van der Waals surface area contributed by atoms with E-state index in [9.17, 15) is 23.5 Å². The van der Waals surface area contributed by atoms with Gasteiger partial charge >= 0.3 is 0 Å². The maximum absolute atomic E-state index is 12.7. The highest BCUT2D eigenvalue weighted by Gasteiger charge is 2.08. The largest absolute Gasteiger partial charge is 0.550 e. The molecular weight excluding hydrogens is 218 g/mol. The minimum atomic E-state index is -1.25. The highest BCUT2D eigenvalue weighted by molar-refractivity contribution is 5.96. The number of halogens is 2. The van der Waals surface area contributed by atoms with E-state index in [0.717, 1.165) is 12.1 Å². The lowest BCUT2D eigenvalue weighted by Gasteiger charge is -2.02. The fourth-order valence-electron chi connectivity index (χ4n) is 1.25. The second-order valence-electron chi connectivity index (χ2n) is 3.31. The molecule has 0 saturated carbocycles. The van der Waals surface area contributed by atoms with Crippen molar-refractivity contribution in [1.82, 2.24) is 0 Å². The molecule has 0 spiro atoms. The number of hydrogen-bond donors (Lipinski definition) is 0. The summed E-state index contributed by atoms with van der Waals surface area (Å²) in [5.41, 5.74) is -0.0872. The molecule has 5 heteroatoms. The van der Waals surface area contributed by atoms with Crippen LogP contribution >= 0.6 is 0 Å². The summed E-state index contributed by atoms with van der Waals surface area (Å²) in [7, 11) is 0. The molecule has 0 bridgehead atoms. The van der Waals surface area contributed by atoms with Gasteiger partial charge in [-0.2, -0.15) is 0 Å². The van der Waals surface area contributed by atoms with Crippen molar-refractivity contribution in [2.75, 3.05) is 0 Å². The number of benzene rings is 1. The highest BCUT2D eigenvalue weighted by atomic mass is 19.1. The first-order valence-corrected chi connectivity index (χ1v) is 4.68. The van der Waals surface area contributed by atoms with Crippen molar-refractivity contribution in [1.29, 1.82) is 0 Å². The molecule has 0 radical (unpaired) electrons. The van der Waals surface area contributed by atoms with Crippen molar-refractivity contribution in [3.05, 3.63) is 35.4 Å². The Labute approximate surface area is 90.7 Å². The molecule has 86 valence electrons. The maximum Gasteiger partial charge on any atom is 0.163 e. The Hall–Kier alpha value is -1.78. The van der Waals surface area contributed by atoms with Crippen molar-refractivity contribution in [3.63, 3.8) is 0 Å². The Morgan fingerprint density at radius 3 is 2.12 bits per heavy atom. The molecule has 1 rings (SSSR count). The molecule has 1 aromatic carbocycles.